The minimum Gasteiger partial charge on any atom is -0.388 e. The molecular weight excluding hydrogens is 489 g/mol. The van der Waals surface area contributed by atoms with Crippen molar-refractivity contribution in [3.05, 3.63) is 53.1 Å². The molecule has 0 aromatic heterocycles. The van der Waals surface area contributed by atoms with Crippen LogP contribution in [0.15, 0.2) is 30.3 Å². The molecule has 36 heavy (non-hydrogen) atoms. The zero-order valence-electron chi connectivity index (χ0n) is 21.3. The summed E-state index contributed by atoms with van der Waals surface area (Å²) in [6.45, 7) is 4.31. The summed E-state index contributed by atoms with van der Waals surface area (Å²) in [5.41, 5.74) is 2.63. The second-order valence-corrected chi connectivity index (χ2v) is 8.55. The highest BCUT2D eigenvalue weighted by molar-refractivity contribution is 7.16. The molecular formula is C25H36F2N4O4P+. The van der Waals surface area contributed by atoms with Crippen molar-refractivity contribution in [2.45, 2.75) is 13.3 Å². The Morgan fingerprint density at radius 3 is 2.06 bits per heavy atom. The van der Waals surface area contributed by atoms with E-state index in [1.165, 1.54) is 0 Å². The summed E-state index contributed by atoms with van der Waals surface area (Å²) < 4.78 is 31.6. The predicted octanol–water partition coefficient (Wildman–Crippen LogP) is 3.93. The number of nitrogens with zero attached hydrogens (tertiary/aromatic N) is 2. The van der Waals surface area contributed by atoms with Crippen molar-refractivity contribution in [1.29, 1.82) is 0 Å². The average molecular weight is 526 g/mol. The molecule has 1 atom stereocenters. The van der Waals surface area contributed by atoms with Gasteiger partial charge in [0.25, 0.3) is 0 Å². The Morgan fingerprint density at radius 2 is 1.64 bits per heavy atom. The second kappa shape index (κ2) is 16.5. The average Bonchev–Trinajstić information content (AvgIpc) is 2.85. The van der Waals surface area contributed by atoms with Crippen LogP contribution in [-0.4, -0.2) is 77.1 Å². The second-order valence-electron chi connectivity index (χ2n) is 7.84. The van der Waals surface area contributed by atoms with Gasteiger partial charge in [-0.05, 0) is 52.1 Å². The van der Waals surface area contributed by atoms with Gasteiger partial charge in [-0.2, -0.15) is 0 Å². The Morgan fingerprint density at radius 1 is 1.06 bits per heavy atom. The number of piperazine rings is 1. The first-order chi connectivity index (χ1) is 17.3. The van der Waals surface area contributed by atoms with Crippen molar-refractivity contribution >= 4 is 44.9 Å². The van der Waals surface area contributed by atoms with Gasteiger partial charge in [0.1, 0.15) is 17.9 Å². The van der Waals surface area contributed by atoms with Crippen LogP contribution in [0, 0.1) is 18.6 Å². The van der Waals surface area contributed by atoms with Crippen LogP contribution in [0.2, 0.25) is 0 Å². The zero-order chi connectivity index (χ0) is 27.1. The highest BCUT2D eigenvalue weighted by Gasteiger charge is 2.23. The maximum absolute atomic E-state index is 13.7. The number of nitrogens with one attached hydrogen (secondary N) is 2. The van der Waals surface area contributed by atoms with E-state index in [0.29, 0.717) is 26.2 Å². The molecule has 198 valence electrons. The van der Waals surface area contributed by atoms with Crippen molar-refractivity contribution < 1.29 is 27.9 Å². The molecule has 2 aromatic rings. The number of aryl methyl sites for hydroxylation is 1. The summed E-state index contributed by atoms with van der Waals surface area (Å²) in [6, 6.07) is 7.58. The molecule has 1 saturated heterocycles. The molecule has 0 saturated carbocycles. The molecule has 1 fully saturated rings. The number of hydrogen-bond acceptors (Lipinski definition) is 6. The maximum Gasteiger partial charge on any atom is 0.321 e. The van der Waals surface area contributed by atoms with Crippen LogP contribution in [0.4, 0.5) is 30.6 Å². The normalized spacial score (nSPS) is 12.5. The minimum atomic E-state index is -1.00. The molecule has 11 heteroatoms. The number of anilines is 3. The number of hydrogen-bond donors (Lipinski definition) is 2. The number of rotatable bonds is 6. The molecule has 1 aliphatic rings. The third-order valence-electron chi connectivity index (χ3n) is 5.16. The van der Waals surface area contributed by atoms with Crippen LogP contribution in [0.25, 0.3) is 0 Å². The molecule has 1 aliphatic heterocycles. The molecule has 2 aromatic carbocycles. The van der Waals surface area contributed by atoms with Gasteiger partial charge in [-0.1, -0.05) is 0 Å². The van der Waals surface area contributed by atoms with Gasteiger partial charge in [0.2, 0.25) is 0 Å². The third-order valence-corrected chi connectivity index (χ3v) is 5.57. The van der Waals surface area contributed by atoms with Crippen molar-refractivity contribution in [2.75, 3.05) is 69.1 Å². The van der Waals surface area contributed by atoms with Gasteiger partial charge in [-0.3, -0.25) is 4.79 Å². The smallest absolute Gasteiger partial charge is 0.321 e. The molecule has 0 radical (unpaired) electrons. The van der Waals surface area contributed by atoms with Gasteiger partial charge >= 0.3 is 6.03 Å². The van der Waals surface area contributed by atoms with Crippen LogP contribution in [-0.2, 0) is 9.53 Å². The van der Waals surface area contributed by atoms with Gasteiger partial charge in [0, 0.05) is 70.9 Å². The van der Waals surface area contributed by atoms with Crippen molar-refractivity contribution in [3.63, 3.8) is 0 Å². The van der Waals surface area contributed by atoms with E-state index in [-0.39, 0.29) is 12.0 Å². The summed E-state index contributed by atoms with van der Waals surface area (Å²) in [5, 5.41) is 5.60. The molecule has 1 heterocycles. The van der Waals surface area contributed by atoms with Gasteiger partial charge in [-0.15, -0.1) is 0 Å². The van der Waals surface area contributed by atoms with Crippen molar-refractivity contribution in [2.24, 2.45) is 0 Å². The number of urea groups is 1. The van der Waals surface area contributed by atoms with E-state index < -0.39 is 23.2 Å². The molecule has 2 N–H and O–H groups in total. The van der Waals surface area contributed by atoms with Crippen LogP contribution < -0.4 is 15.5 Å². The largest absolute Gasteiger partial charge is 0.388 e. The lowest BCUT2D eigenvalue weighted by molar-refractivity contribution is -0.107. The summed E-state index contributed by atoms with van der Waals surface area (Å²) in [5.74, 6) is -2.01. The monoisotopic (exact) mass is 525 g/mol. The lowest BCUT2D eigenvalue weighted by Crippen LogP contribution is -2.50. The fourth-order valence-electron chi connectivity index (χ4n) is 3.37. The third kappa shape index (κ3) is 9.51. The maximum atomic E-state index is 13.7. The quantitative estimate of drug-likeness (QED) is 0.439. The van der Waals surface area contributed by atoms with Crippen molar-refractivity contribution in [1.82, 2.24) is 4.90 Å². The lowest BCUT2D eigenvalue weighted by Gasteiger charge is -2.36. The van der Waals surface area contributed by atoms with Crippen LogP contribution >= 0.6 is 9.24 Å². The number of ether oxygens (including phenoxy) is 1. The standard InChI is InChI=1S/C20H22F2N4O2.C3H7OP.C2H6O/c1-13-9-14(23-2)3-4-19(13)25-5-7-26(8-6-25)20(28)24-15-10-17(21)16(12-27)18(22)11-15;4-2-1-3-5;1-3-2/h3-4,9-12,23H,5-8H2,1-2H3,(H,24,28);2H,1,3,5H2;1-2H3/p+1. The van der Waals surface area contributed by atoms with Gasteiger partial charge in [0.15, 0.2) is 6.29 Å². The predicted molar refractivity (Wildman–Crippen MR) is 145 cm³/mol. The first-order valence-corrected chi connectivity index (χ1v) is 12.4. The molecule has 3 rings (SSSR count). The van der Waals surface area contributed by atoms with Gasteiger partial charge < -0.3 is 30.0 Å². The Bertz CT molecular complexity index is 979. The van der Waals surface area contributed by atoms with E-state index in [1.807, 2.05) is 29.3 Å². The molecule has 2 amide bonds. The topological polar surface area (TPSA) is 91.0 Å². The Kier molecular flexibility index (Phi) is 14.2. The molecule has 8 nitrogen and oxygen atoms in total. The first-order valence-electron chi connectivity index (χ1n) is 11.4. The molecule has 0 spiro atoms. The van der Waals surface area contributed by atoms with E-state index in [0.717, 1.165) is 47.9 Å². The molecule has 0 aliphatic carbocycles. The van der Waals surface area contributed by atoms with E-state index in [1.54, 1.807) is 19.1 Å². The summed E-state index contributed by atoms with van der Waals surface area (Å²) in [4.78, 5) is 36.3. The Labute approximate surface area is 213 Å². The van der Waals surface area contributed by atoms with E-state index in [9.17, 15) is 23.2 Å². The number of methoxy groups -OCH3 is 1. The number of benzene rings is 2. The zero-order valence-corrected chi connectivity index (χ0v) is 22.7. The number of aldehydes is 2. The minimum absolute atomic E-state index is 0.0217. The highest BCUT2D eigenvalue weighted by atomic mass is 31.0. The molecule has 1 unspecified atom stereocenters. The SMILES string of the molecule is CNc1ccc(N2CCN(C(=O)Nc3cc(F)c(C=O)c(F)c3)CC2)c(C)c1.COC.O=CCC[PH3+]. The fraction of sp³-hybridized carbons (Fsp3) is 0.400. The summed E-state index contributed by atoms with van der Waals surface area (Å²) in [6.07, 6.45) is 2.77. The first kappa shape index (κ1) is 30.9. The van der Waals surface area contributed by atoms with E-state index in [4.69, 9.17) is 0 Å². The van der Waals surface area contributed by atoms with Crippen LogP contribution in [0.1, 0.15) is 22.3 Å². The number of amides is 2. The Hall–Kier alpha value is -3.10. The molecule has 0 bridgehead atoms. The van der Waals surface area contributed by atoms with Gasteiger partial charge in [-0.25, -0.2) is 13.6 Å². The number of halogens is 2. The number of carbonyl (C=O) groups is 3. The van der Waals surface area contributed by atoms with Crippen LogP contribution in [0.3, 0.4) is 0 Å². The highest BCUT2D eigenvalue weighted by Crippen LogP contribution is 2.25. The fourth-order valence-corrected chi connectivity index (χ4v) is 3.54. The van der Waals surface area contributed by atoms with E-state index >= 15 is 0 Å². The van der Waals surface area contributed by atoms with Crippen molar-refractivity contribution in [3.8, 4) is 0 Å². The summed E-state index contributed by atoms with van der Waals surface area (Å²) >= 11 is 0. The van der Waals surface area contributed by atoms with E-state index in [2.05, 4.69) is 32.4 Å². The van der Waals surface area contributed by atoms with Crippen LogP contribution in [0.5, 0.6) is 0 Å². The summed E-state index contributed by atoms with van der Waals surface area (Å²) in [7, 11) is 6.94. The Balaban J connectivity index is 0.000000709. The lowest BCUT2D eigenvalue weighted by atomic mass is 10.1. The number of carbonyl (C=O) groups excluding carboxylic acids is 3. The van der Waals surface area contributed by atoms with Gasteiger partial charge in [0.05, 0.1) is 11.7 Å².